The van der Waals surface area contributed by atoms with Crippen molar-refractivity contribution in [1.82, 2.24) is 15.2 Å². The van der Waals surface area contributed by atoms with Crippen LogP contribution in [0, 0.1) is 0 Å². The predicted octanol–water partition coefficient (Wildman–Crippen LogP) is 3.48. The van der Waals surface area contributed by atoms with Crippen molar-refractivity contribution in [2.75, 3.05) is 11.1 Å². The van der Waals surface area contributed by atoms with E-state index < -0.39 is 0 Å². The molecule has 0 aliphatic carbocycles. The zero-order valence-electron chi connectivity index (χ0n) is 9.91. The molecule has 1 heterocycles. The highest BCUT2D eigenvalue weighted by Gasteiger charge is 2.13. The van der Waals surface area contributed by atoms with Gasteiger partial charge in [-0.3, -0.25) is 10.1 Å². The fourth-order valence-electron chi connectivity index (χ4n) is 1.34. The molecule has 2 N–H and O–H groups in total. The predicted molar refractivity (Wildman–Crippen MR) is 77.2 cm³/mol. The number of hydrogen-bond acceptors (Lipinski definition) is 4. The van der Waals surface area contributed by atoms with Gasteiger partial charge in [0.15, 0.2) is 0 Å². The van der Waals surface area contributed by atoms with E-state index in [1.807, 2.05) is 6.92 Å². The molecule has 0 saturated heterocycles. The number of aromatic amines is 1. The topological polar surface area (TPSA) is 70.7 Å². The van der Waals surface area contributed by atoms with Gasteiger partial charge in [-0.25, -0.2) is 5.10 Å². The van der Waals surface area contributed by atoms with E-state index >= 15 is 0 Å². The van der Waals surface area contributed by atoms with Crippen LogP contribution in [-0.2, 0) is 0 Å². The number of anilines is 1. The van der Waals surface area contributed by atoms with Crippen LogP contribution in [0.2, 0.25) is 10.0 Å². The van der Waals surface area contributed by atoms with Crippen molar-refractivity contribution in [2.24, 2.45) is 0 Å². The molecule has 1 amide bonds. The second kappa shape index (κ2) is 6.27. The van der Waals surface area contributed by atoms with Crippen LogP contribution in [0.1, 0.15) is 17.3 Å². The summed E-state index contributed by atoms with van der Waals surface area (Å²) in [7, 11) is 0. The number of nitrogens with one attached hydrogen (secondary N) is 2. The second-order valence-electron chi connectivity index (χ2n) is 3.48. The first-order valence-corrected chi connectivity index (χ1v) is 7.16. The molecule has 0 unspecified atom stereocenters. The Balaban J connectivity index is 2.11. The van der Waals surface area contributed by atoms with Crippen LogP contribution in [0.15, 0.2) is 23.4 Å². The van der Waals surface area contributed by atoms with E-state index in [4.69, 9.17) is 23.2 Å². The Morgan fingerprint density at radius 1 is 1.47 bits per heavy atom. The number of benzene rings is 1. The number of rotatable bonds is 4. The minimum Gasteiger partial charge on any atom is -0.291 e. The molecule has 0 spiro atoms. The van der Waals surface area contributed by atoms with E-state index in [9.17, 15) is 4.79 Å². The van der Waals surface area contributed by atoms with Gasteiger partial charge < -0.3 is 0 Å². The van der Waals surface area contributed by atoms with Gasteiger partial charge in [-0.05, 0) is 24.0 Å². The van der Waals surface area contributed by atoms with Gasteiger partial charge in [-0.2, -0.15) is 4.98 Å². The number of aromatic nitrogens is 3. The maximum absolute atomic E-state index is 12.0. The molecule has 0 radical (unpaired) electrons. The summed E-state index contributed by atoms with van der Waals surface area (Å²) in [5.74, 6) is 0.770. The quantitative estimate of drug-likeness (QED) is 0.847. The highest BCUT2D eigenvalue weighted by Crippen LogP contribution is 2.22. The standard InChI is InChI=1S/C11H10Cl2N4OS/c1-2-19-11-15-10(16-17-11)14-9(18)7-4-3-6(12)5-8(7)13/h3-5H,2H2,1H3,(H2,14,15,16,17,18). The van der Waals surface area contributed by atoms with Crippen LogP contribution < -0.4 is 5.32 Å². The fourth-order valence-corrected chi connectivity index (χ4v) is 2.36. The molecule has 0 saturated carbocycles. The molecule has 100 valence electrons. The Morgan fingerprint density at radius 3 is 2.95 bits per heavy atom. The number of H-pyrrole nitrogens is 1. The van der Waals surface area contributed by atoms with Crippen molar-refractivity contribution >= 4 is 46.8 Å². The summed E-state index contributed by atoms with van der Waals surface area (Å²) < 4.78 is 0. The minimum atomic E-state index is -0.370. The summed E-state index contributed by atoms with van der Waals surface area (Å²) in [5, 5.41) is 10.5. The molecule has 2 aromatic rings. The Hall–Kier alpha value is -1.24. The minimum absolute atomic E-state index is 0.284. The summed E-state index contributed by atoms with van der Waals surface area (Å²) in [4.78, 5) is 16.1. The Kier molecular flexibility index (Phi) is 4.68. The highest BCUT2D eigenvalue weighted by atomic mass is 35.5. The monoisotopic (exact) mass is 316 g/mol. The lowest BCUT2D eigenvalue weighted by Crippen LogP contribution is -2.13. The Labute approximate surface area is 124 Å². The first kappa shape index (κ1) is 14.2. The molecule has 0 aliphatic heterocycles. The van der Waals surface area contributed by atoms with Gasteiger partial charge in [0.25, 0.3) is 5.91 Å². The molecular weight excluding hydrogens is 307 g/mol. The van der Waals surface area contributed by atoms with Crippen LogP contribution in [0.4, 0.5) is 5.95 Å². The molecule has 8 heteroatoms. The first-order valence-electron chi connectivity index (χ1n) is 5.41. The smallest absolute Gasteiger partial charge is 0.259 e. The lowest BCUT2D eigenvalue weighted by Gasteiger charge is -2.03. The Bertz CT molecular complexity index is 602. The third-order valence-electron chi connectivity index (χ3n) is 2.15. The first-order chi connectivity index (χ1) is 9.10. The van der Waals surface area contributed by atoms with Crippen LogP contribution in [-0.4, -0.2) is 26.8 Å². The van der Waals surface area contributed by atoms with Crippen LogP contribution in [0.25, 0.3) is 0 Å². The largest absolute Gasteiger partial charge is 0.291 e. The maximum Gasteiger partial charge on any atom is 0.259 e. The van der Waals surface area contributed by atoms with Crippen molar-refractivity contribution in [3.8, 4) is 0 Å². The third kappa shape index (κ3) is 3.62. The number of nitrogens with zero attached hydrogens (tertiary/aromatic N) is 2. The number of carbonyl (C=O) groups excluding carboxylic acids is 1. The Morgan fingerprint density at radius 2 is 2.26 bits per heavy atom. The molecular formula is C11H10Cl2N4OS. The number of halogens is 2. The average Bonchev–Trinajstić information content (AvgIpc) is 2.76. The van der Waals surface area contributed by atoms with Gasteiger partial charge in [0, 0.05) is 5.02 Å². The molecule has 1 aromatic carbocycles. The summed E-state index contributed by atoms with van der Waals surface area (Å²) in [6, 6.07) is 4.66. The van der Waals surface area contributed by atoms with Gasteiger partial charge in [-0.15, -0.1) is 5.10 Å². The van der Waals surface area contributed by atoms with Gasteiger partial charge in [0.2, 0.25) is 11.1 Å². The fraction of sp³-hybridized carbons (Fsp3) is 0.182. The lowest BCUT2D eigenvalue weighted by atomic mass is 10.2. The number of thioether (sulfide) groups is 1. The van der Waals surface area contributed by atoms with Gasteiger partial charge in [0.1, 0.15) is 0 Å². The molecule has 2 rings (SSSR count). The van der Waals surface area contributed by atoms with Crippen molar-refractivity contribution in [1.29, 1.82) is 0 Å². The summed E-state index contributed by atoms with van der Waals surface area (Å²) >= 11 is 13.2. The van der Waals surface area contributed by atoms with Crippen LogP contribution >= 0.6 is 35.0 Å². The molecule has 1 aromatic heterocycles. The SMILES string of the molecule is CCSc1n[nH]c(NC(=O)c2ccc(Cl)cc2Cl)n1. The molecule has 0 bridgehead atoms. The van der Waals surface area contributed by atoms with E-state index in [-0.39, 0.29) is 16.9 Å². The van der Waals surface area contributed by atoms with E-state index in [0.29, 0.717) is 15.7 Å². The number of carbonyl (C=O) groups is 1. The highest BCUT2D eigenvalue weighted by molar-refractivity contribution is 7.99. The molecule has 0 atom stereocenters. The zero-order chi connectivity index (χ0) is 13.8. The van der Waals surface area contributed by atoms with Crippen molar-refractivity contribution < 1.29 is 4.79 Å². The van der Waals surface area contributed by atoms with Crippen LogP contribution in [0.5, 0.6) is 0 Å². The third-order valence-corrected chi connectivity index (χ3v) is 3.42. The molecule has 19 heavy (non-hydrogen) atoms. The average molecular weight is 317 g/mol. The van der Waals surface area contributed by atoms with E-state index in [1.54, 1.807) is 12.1 Å². The molecule has 5 nitrogen and oxygen atoms in total. The van der Waals surface area contributed by atoms with Crippen molar-refractivity contribution in [3.63, 3.8) is 0 Å². The summed E-state index contributed by atoms with van der Waals surface area (Å²) in [6.45, 7) is 1.99. The van der Waals surface area contributed by atoms with E-state index in [2.05, 4.69) is 20.5 Å². The zero-order valence-corrected chi connectivity index (χ0v) is 12.2. The summed E-state index contributed by atoms with van der Waals surface area (Å²) in [5.41, 5.74) is 0.326. The number of amides is 1. The van der Waals surface area contributed by atoms with Gasteiger partial charge in [0.05, 0.1) is 10.6 Å². The van der Waals surface area contributed by atoms with Crippen molar-refractivity contribution in [2.45, 2.75) is 12.1 Å². The van der Waals surface area contributed by atoms with E-state index in [1.165, 1.54) is 17.8 Å². The lowest BCUT2D eigenvalue weighted by molar-refractivity contribution is 0.102. The maximum atomic E-state index is 12.0. The van der Waals surface area contributed by atoms with Gasteiger partial charge in [-0.1, -0.05) is 41.9 Å². The molecule has 0 aliphatic rings. The summed E-state index contributed by atoms with van der Waals surface area (Å²) in [6.07, 6.45) is 0. The van der Waals surface area contributed by atoms with E-state index in [0.717, 1.165) is 5.75 Å². The normalized spacial score (nSPS) is 10.5. The second-order valence-corrected chi connectivity index (χ2v) is 5.55. The number of hydrogen-bond donors (Lipinski definition) is 2. The molecule has 0 fully saturated rings. The van der Waals surface area contributed by atoms with Crippen LogP contribution in [0.3, 0.4) is 0 Å². The van der Waals surface area contributed by atoms with Gasteiger partial charge >= 0.3 is 0 Å². The van der Waals surface area contributed by atoms with Crippen molar-refractivity contribution in [3.05, 3.63) is 33.8 Å².